The Balaban J connectivity index is 1.36. The summed E-state index contributed by atoms with van der Waals surface area (Å²) in [6.07, 6.45) is -7.34. The summed E-state index contributed by atoms with van der Waals surface area (Å²) in [7, 11) is 0. The monoisotopic (exact) mass is 684 g/mol. The molecule has 3 heterocycles. The number of hydroxylamine groups is 2. The zero-order chi connectivity index (χ0) is 34.9. The maximum absolute atomic E-state index is 13.0. The quantitative estimate of drug-likeness (QED) is 0.160. The van der Waals surface area contributed by atoms with Crippen molar-refractivity contribution in [2.75, 3.05) is 36.5 Å². The third kappa shape index (κ3) is 7.01. The molecule has 14 nitrogen and oxygen atoms in total. The van der Waals surface area contributed by atoms with Crippen molar-refractivity contribution in [3.05, 3.63) is 78.1 Å². The van der Waals surface area contributed by atoms with Gasteiger partial charge in [-0.25, -0.2) is 9.78 Å². The number of nitrogens with one attached hydrogen (secondary N) is 1. The maximum atomic E-state index is 13.0. The fraction of sp³-hybridized carbons (Fsp3) is 0.406. The van der Waals surface area contributed by atoms with Gasteiger partial charge in [0.1, 0.15) is 24.9 Å². The zero-order valence-corrected chi connectivity index (χ0v) is 26.0. The Kier molecular flexibility index (Phi) is 9.69. The molecule has 2 aromatic heterocycles. The number of nitrogens with two attached hydrogens (primary N) is 1. The number of imidazole rings is 1. The molecule has 2 aliphatic rings. The minimum Gasteiger partial charge on any atom is -0.388 e. The molecule has 17 heteroatoms. The Morgan fingerprint density at radius 1 is 1.04 bits per heavy atom. The molecule has 0 bridgehead atoms. The van der Waals surface area contributed by atoms with Crippen molar-refractivity contribution in [1.29, 1.82) is 0 Å². The summed E-state index contributed by atoms with van der Waals surface area (Å²) in [5.74, 6) is -3.54. The van der Waals surface area contributed by atoms with Crippen molar-refractivity contribution < 1.29 is 42.9 Å². The van der Waals surface area contributed by atoms with Crippen LogP contribution in [0, 0.1) is 0 Å². The van der Waals surface area contributed by atoms with Gasteiger partial charge in [0.15, 0.2) is 17.0 Å². The van der Waals surface area contributed by atoms with Gasteiger partial charge in [0.2, 0.25) is 5.95 Å². The largest absolute Gasteiger partial charge is 0.493 e. The predicted molar refractivity (Wildman–Crippen MR) is 169 cm³/mol. The molecular weight excluding hydrogens is 649 g/mol. The van der Waals surface area contributed by atoms with Gasteiger partial charge in [0.05, 0.1) is 12.4 Å². The number of aliphatic hydroxyl groups excluding tert-OH is 3. The molecule has 1 saturated heterocycles. The van der Waals surface area contributed by atoms with E-state index in [0.29, 0.717) is 43.3 Å². The minimum absolute atomic E-state index is 0.0326. The number of rotatable bonds is 9. The van der Waals surface area contributed by atoms with Crippen LogP contribution >= 0.6 is 0 Å². The van der Waals surface area contributed by atoms with Crippen LogP contribution in [0.4, 0.5) is 24.9 Å². The van der Waals surface area contributed by atoms with E-state index in [1.165, 1.54) is 10.9 Å². The molecule has 6 rings (SSSR count). The lowest BCUT2D eigenvalue weighted by Gasteiger charge is -2.28. The average molecular weight is 685 g/mol. The summed E-state index contributed by atoms with van der Waals surface area (Å²) in [5.41, 5.74) is 8.84. The Morgan fingerprint density at radius 3 is 2.27 bits per heavy atom. The summed E-state index contributed by atoms with van der Waals surface area (Å²) < 4.78 is 40.5. The first-order valence-corrected chi connectivity index (χ1v) is 15.6. The second kappa shape index (κ2) is 13.9. The summed E-state index contributed by atoms with van der Waals surface area (Å²) in [6, 6.07) is 17.0. The van der Waals surface area contributed by atoms with E-state index >= 15 is 0 Å². The molecule has 260 valence electrons. The molecule has 1 aliphatic carbocycles. The lowest BCUT2D eigenvalue weighted by molar-refractivity contribution is -0.248. The highest BCUT2D eigenvalue weighted by Crippen LogP contribution is 2.38. The number of aliphatic hydroxyl groups is 3. The summed E-state index contributed by atoms with van der Waals surface area (Å²) in [6.45, 7) is 0.138. The molecule has 0 spiro atoms. The van der Waals surface area contributed by atoms with Gasteiger partial charge in [-0.1, -0.05) is 60.7 Å². The minimum atomic E-state index is -5.47. The topological polar surface area (TPSA) is 192 Å². The Hall–Kier alpha value is -4.84. The highest BCUT2D eigenvalue weighted by molar-refractivity contribution is 5.85. The highest BCUT2D eigenvalue weighted by atomic mass is 19.4. The van der Waals surface area contributed by atoms with E-state index in [0.717, 1.165) is 11.1 Å². The van der Waals surface area contributed by atoms with E-state index in [1.54, 1.807) is 0 Å². The fourth-order valence-corrected chi connectivity index (χ4v) is 6.39. The molecule has 0 radical (unpaired) electrons. The van der Waals surface area contributed by atoms with Gasteiger partial charge >= 0.3 is 12.1 Å². The van der Waals surface area contributed by atoms with Gasteiger partial charge in [-0.05, 0) is 24.0 Å². The standard InChI is InChI=1S/C32H35F3N8O6/c33-32(34,35)30(48)49-43(24(45)16-44)23-13-22(26(46)27(23)47)42-17-38-25-28(39-31(40-29(25)42)41-12-11-20(36)15-41)37-14-21(18-7-3-1-4-8-18)19-9-5-2-6-10-19/h1-10,17,20-23,26-27,44,46-47H,11-16,36H2,(H,37,39,40)/t20-,22-,23+,26+,27-/m1/s1. The van der Waals surface area contributed by atoms with Crippen molar-refractivity contribution in [1.82, 2.24) is 24.6 Å². The smallest absolute Gasteiger partial charge is 0.388 e. The number of benzene rings is 2. The maximum Gasteiger partial charge on any atom is 0.493 e. The molecule has 1 saturated carbocycles. The zero-order valence-electron chi connectivity index (χ0n) is 26.0. The van der Waals surface area contributed by atoms with Crippen LogP contribution in [0.5, 0.6) is 0 Å². The number of aromatic nitrogens is 4. The van der Waals surface area contributed by atoms with Crippen molar-refractivity contribution >= 4 is 34.8 Å². The molecule has 5 atom stereocenters. The number of hydrogen-bond donors (Lipinski definition) is 5. The summed E-state index contributed by atoms with van der Waals surface area (Å²) in [5, 5.41) is 34.8. The number of halogens is 3. The average Bonchev–Trinajstić information content (AvgIpc) is 3.81. The van der Waals surface area contributed by atoms with E-state index in [4.69, 9.17) is 15.7 Å². The third-order valence-electron chi connectivity index (χ3n) is 8.87. The first kappa shape index (κ1) is 34.0. The number of anilines is 2. The van der Waals surface area contributed by atoms with Crippen LogP contribution in [0.25, 0.3) is 11.2 Å². The molecule has 6 N–H and O–H groups in total. The number of amides is 1. The van der Waals surface area contributed by atoms with Crippen LogP contribution in [0.15, 0.2) is 67.0 Å². The molecule has 1 amide bonds. The number of nitrogens with zero attached hydrogens (tertiary/aromatic N) is 6. The second-order valence-corrected chi connectivity index (χ2v) is 12.1. The van der Waals surface area contributed by atoms with Crippen molar-refractivity contribution in [2.24, 2.45) is 5.73 Å². The Bertz CT molecular complexity index is 1740. The van der Waals surface area contributed by atoms with Crippen molar-refractivity contribution in [2.45, 2.75) is 55.3 Å². The number of carbonyl (C=O) groups is 2. The molecule has 49 heavy (non-hydrogen) atoms. The number of fused-ring (bicyclic) bond motifs is 1. The lowest BCUT2D eigenvalue weighted by atomic mass is 9.91. The molecule has 2 fully saturated rings. The molecule has 0 unspecified atom stereocenters. The van der Waals surface area contributed by atoms with Crippen molar-refractivity contribution in [3.63, 3.8) is 0 Å². The van der Waals surface area contributed by atoms with E-state index in [2.05, 4.69) is 15.1 Å². The van der Waals surface area contributed by atoms with E-state index in [-0.39, 0.29) is 29.1 Å². The Labute approximate surface area is 277 Å². The van der Waals surface area contributed by atoms with E-state index in [9.17, 15) is 38.1 Å². The van der Waals surface area contributed by atoms with Crippen molar-refractivity contribution in [3.8, 4) is 0 Å². The predicted octanol–water partition coefficient (Wildman–Crippen LogP) is 1.48. The normalized spacial score (nSPS) is 22.5. The molecule has 2 aromatic carbocycles. The van der Waals surface area contributed by atoms with Crippen LogP contribution in [0.2, 0.25) is 0 Å². The fourth-order valence-electron chi connectivity index (χ4n) is 6.39. The van der Waals surface area contributed by atoms with Crippen LogP contribution in [0.1, 0.15) is 35.9 Å². The van der Waals surface area contributed by atoms with Gasteiger partial charge in [-0.15, -0.1) is 0 Å². The number of carbonyl (C=O) groups excluding carboxylic acids is 2. The number of alkyl halides is 3. The summed E-state index contributed by atoms with van der Waals surface area (Å²) in [4.78, 5) is 44.2. The SMILES string of the molecule is N[C@@H]1CCN(c2nc(NCC(c3ccccc3)c3ccccc3)c3ncn([C@@H]4C[C@H](N(OC(=O)C(F)(F)F)C(=O)CO)[C@@H](O)[C@H]4O)c3n2)C1. The molecular formula is C32H35F3N8O6. The molecule has 1 aliphatic heterocycles. The van der Waals surface area contributed by atoms with Crippen LogP contribution in [-0.2, 0) is 14.4 Å². The van der Waals surface area contributed by atoms with E-state index in [1.807, 2.05) is 65.6 Å². The third-order valence-corrected chi connectivity index (χ3v) is 8.87. The lowest BCUT2D eigenvalue weighted by Crippen LogP contribution is -2.50. The Morgan fingerprint density at radius 2 is 1.69 bits per heavy atom. The van der Waals surface area contributed by atoms with Gasteiger partial charge in [-0.2, -0.15) is 28.2 Å². The summed E-state index contributed by atoms with van der Waals surface area (Å²) >= 11 is 0. The van der Waals surface area contributed by atoms with Crippen LogP contribution in [-0.4, -0.2) is 108 Å². The highest BCUT2D eigenvalue weighted by Gasteiger charge is 2.51. The van der Waals surface area contributed by atoms with Crippen LogP contribution in [0.3, 0.4) is 0 Å². The first-order chi connectivity index (χ1) is 23.5. The van der Waals surface area contributed by atoms with E-state index < -0.39 is 49.0 Å². The number of hydrogen-bond acceptors (Lipinski definition) is 12. The van der Waals surface area contributed by atoms with Gasteiger partial charge < -0.3 is 40.7 Å². The van der Waals surface area contributed by atoms with Crippen LogP contribution < -0.4 is 16.0 Å². The van der Waals surface area contributed by atoms with Gasteiger partial charge in [0, 0.05) is 31.6 Å². The van der Waals surface area contributed by atoms with Gasteiger partial charge in [0.25, 0.3) is 5.91 Å². The molecule has 4 aromatic rings. The van der Waals surface area contributed by atoms with Gasteiger partial charge in [-0.3, -0.25) is 4.79 Å². The first-order valence-electron chi connectivity index (χ1n) is 15.6. The second-order valence-electron chi connectivity index (χ2n) is 12.1.